The molecule has 1 aromatic carbocycles. The first-order chi connectivity index (χ1) is 14.6. The summed E-state index contributed by atoms with van der Waals surface area (Å²) in [5.41, 5.74) is 2.23. The van der Waals surface area contributed by atoms with Crippen LogP contribution in [-0.4, -0.2) is 59.1 Å². The highest BCUT2D eigenvalue weighted by Crippen LogP contribution is 2.38. The Bertz CT molecular complexity index is 671. The van der Waals surface area contributed by atoms with Crippen LogP contribution in [0.3, 0.4) is 0 Å². The maximum Gasteiger partial charge on any atom is 0.203 e. The molecule has 0 saturated heterocycles. The summed E-state index contributed by atoms with van der Waals surface area (Å²) >= 11 is 0. The van der Waals surface area contributed by atoms with E-state index in [0.717, 1.165) is 31.6 Å². The highest BCUT2D eigenvalue weighted by Gasteiger charge is 2.13. The van der Waals surface area contributed by atoms with Crippen LogP contribution in [0.15, 0.2) is 34.9 Å². The Morgan fingerprint density at radius 3 is 2.17 bits per heavy atom. The first-order valence-electron chi connectivity index (χ1n) is 10.9. The lowest BCUT2D eigenvalue weighted by molar-refractivity contribution is 0.291. The summed E-state index contributed by atoms with van der Waals surface area (Å²) in [6.45, 7) is 7.60. The summed E-state index contributed by atoms with van der Waals surface area (Å²) in [5, 5.41) is 0. The van der Waals surface area contributed by atoms with Gasteiger partial charge in [-0.25, -0.2) is 0 Å². The quantitative estimate of drug-likeness (QED) is 0.211. The van der Waals surface area contributed by atoms with Crippen molar-refractivity contribution in [3.63, 3.8) is 0 Å². The van der Waals surface area contributed by atoms with Crippen LogP contribution in [-0.2, 0) is 0 Å². The van der Waals surface area contributed by atoms with Gasteiger partial charge in [0.15, 0.2) is 11.5 Å². The van der Waals surface area contributed by atoms with Crippen molar-refractivity contribution < 1.29 is 14.2 Å². The Labute approximate surface area is 183 Å². The van der Waals surface area contributed by atoms with E-state index in [4.69, 9.17) is 14.2 Å². The van der Waals surface area contributed by atoms with Crippen LogP contribution in [0.2, 0.25) is 0 Å². The van der Waals surface area contributed by atoms with E-state index in [-0.39, 0.29) is 0 Å². The van der Waals surface area contributed by atoms with Gasteiger partial charge in [-0.05, 0) is 55.3 Å². The minimum absolute atomic E-state index is 0.607. The standard InChI is InChI=1S/C25H40N2O3/c1-7-9-10-11-16-27(15-8-2)20-21(13-12-14-26-3)17-22-18-23(28-4)25(30-6)24(19-22)29-5/h12-14,17-19H,7-11,15-16,20H2,1-6H3/b13-12-,21-17-,26-14?. The molecule has 5 heteroatoms. The summed E-state index contributed by atoms with van der Waals surface area (Å²) in [7, 11) is 6.69. The Balaban J connectivity index is 3.18. The van der Waals surface area contributed by atoms with Gasteiger partial charge in [0.05, 0.1) is 21.3 Å². The molecule has 30 heavy (non-hydrogen) atoms. The normalized spacial score (nSPS) is 12.3. The van der Waals surface area contributed by atoms with E-state index in [9.17, 15) is 0 Å². The summed E-state index contributed by atoms with van der Waals surface area (Å²) in [4.78, 5) is 6.60. The number of aliphatic imine (C=N–C) groups is 1. The van der Waals surface area contributed by atoms with Crippen LogP contribution in [0.5, 0.6) is 17.2 Å². The number of nitrogens with zero attached hydrogens (tertiary/aromatic N) is 2. The Hall–Kier alpha value is -2.27. The van der Waals surface area contributed by atoms with Crippen molar-refractivity contribution in [2.45, 2.75) is 46.0 Å². The van der Waals surface area contributed by atoms with Crippen LogP contribution >= 0.6 is 0 Å². The zero-order chi connectivity index (χ0) is 22.2. The minimum Gasteiger partial charge on any atom is -0.493 e. The van der Waals surface area contributed by atoms with Crippen molar-refractivity contribution in [1.82, 2.24) is 4.90 Å². The van der Waals surface area contributed by atoms with Crippen LogP contribution < -0.4 is 14.2 Å². The number of allylic oxidation sites excluding steroid dienone is 1. The Morgan fingerprint density at radius 2 is 1.63 bits per heavy atom. The van der Waals surface area contributed by atoms with Gasteiger partial charge in [0.25, 0.3) is 0 Å². The van der Waals surface area contributed by atoms with Gasteiger partial charge < -0.3 is 14.2 Å². The van der Waals surface area contributed by atoms with Gasteiger partial charge in [0, 0.05) is 19.8 Å². The fraction of sp³-hybridized carbons (Fsp3) is 0.560. The van der Waals surface area contributed by atoms with Gasteiger partial charge in [-0.1, -0.05) is 45.3 Å². The van der Waals surface area contributed by atoms with E-state index in [0.29, 0.717) is 17.2 Å². The zero-order valence-corrected chi connectivity index (χ0v) is 19.7. The predicted molar refractivity (Wildman–Crippen MR) is 129 cm³/mol. The molecule has 0 aliphatic rings. The molecule has 1 aromatic rings. The zero-order valence-electron chi connectivity index (χ0n) is 19.7. The van der Waals surface area contributed by atoms with E-state index in [1.165, 1.54) is 31.3 Å². The maximum absolute atomic E-state index is 5.51. The second kappa shape index (κ2) is 15.6. The van der Waals surface area contributed by atoms with Crippen molar-refractivity contribution in [2.24, 2.45) is 4.99 Å². The molecule has 168 valence electrons. The number of unbranched alkanes of at least 4 members (excludes halogenated alkanes) is 3. The molecular weight excluding hydrogens is 376 g/mol. The molecule has 1 rings (SSSR count). The highest BCUT2D eigenvalue weighted by molar-refractivity contribution is 5.73. The molecule has 0 spiro atoms. The van der Waals surface area contributed by atoms with E-state index in [2.05, 4.69) is 35.9 Å². The maximum atomic E-state index is 5.51. The van der Waals surface area contributed by atoms with E-state index in [1.807, 2.05) is 24.4 Å². The molecule has 0 amide bonds. The molecule has 0 aliphatic heterocycles. The number of hydrogen-bond acceptors (Lipinski definition) is 5. The summed E-state index contributed by atoms with van der Waals surface area (Å²) < 4.78 is 16.5. The van der Waals surface area contributed by atoms with Crippen molar-refractivity contribution >= 4 is 12.3 Å². The summed E-state index contributed by atoms with van der Waals surface area (Å²) in [6, 6.07) is 3.96. The average Bonchev–Trinajstić information content (AvgIpc) is 2.76. The van der Waals surface area contributed by atoms with Crippen molar-refractivity contribution in [3.8, 4) is 17.2 Å². The SMILES string of the molecule is CCCCCCN(CCC)CC(/C=C\C=NC)=C\c1cc(OC)c(OC)c(OC)c1. The third-order valence-electron chi connectivity index (χ3n) is 4.86. The lowest BCUT2D eigenvalue weighted by Gasteiger charge is -2.22. The van der Waals surface area contributed by atoms with Gasteiger partial charge in [0.2, 0.25) is 5.75 Å². The summed E-state index contributed by atoms with van der Waals surface area (Å²) in [5.74, 6) is 1.92. The van der Waals surface area contributed by atoms with E-state index < -0.39 is 0 Å². The van der Waals surface area contributed by atoms with Crippen LogP contribution in [0.25, 0.3) is 6.08 Å². The number of ether oxygens (including phenoxy) is 3. The largest absolute Gasteiger partial charge is 0.493 e. The van der Waals surface area contributed by atoms with E-state index >= 15 is 0 Å². The van der Waals surface area contributed by atoms with Crippen molar-refractivity contribution in [2.75, 3.05) is 48.0 Å². The molecular formula is C25H40N2O3. The fourth-order valence-electron chi connectivity index (χ4n) is 3.40. The molecule has 0 unspecified atom stereocenters. The van der Waals surface area contributed by atoms with Gasteiger partial charge in [0.1, 0.15) is 0 Å². The number of hydrogen-bond donors (Lipinski definition) is 0. The Morgan fingerprint density at radius 1 is 0.933 bits per heavy atom. The predicted octanol–water partition coefficient (Wildman–Crippen LogP) is 5.64. The molecule has 0 radical (unpaired) electrons. The molecule has 5 nitrogen and oxygen atoms in total. The first kappa shape index (κ1) is 25.8. The third kappa shape index (κ3) is 9.04. The number of methoxy groups -OCH3 is 3. The fourth-order valence-corrected chi connectivity index (χ4v) is 3.40. The second-order valence-electron chi connectivity index (χ2n) is 7.28. The highest BCUT2D eigenvalue weighted by atomic mass is 16.5. The molecule has 0 bridgehead atoms. The molecule has 0 heterocycles. The topological polar surface area (TPSA) is 43.3 Å². The number of benzene rings is 1. The molecule has 0 aromatic heterocycles. The van der Waals surface area contributed by atoms with Crippen molar-refractivity contribution in [1.29, 1.82) is 0 Å². The average molecular weight is 417 g/mol. The minimum atomic E-state index is 0.607. The molecule has 0 aliphatic carbocycles. The third-order valence-corrected chi connectivity index (χ3v) is 4.86. The lowest BCUT2D eigenvalue weighted by Crippen LogP contribution is -2.27. The second-order valence-corrected chi connectivity index (χ2v) is 7.28. The van der Waals surface area contributed by atoms with Gasteiger partial charge in [-0.2, -0.15) is 0 Å². The number of rotatable bonds is 15. The molecule has 0 saturated carbocycles. The van der Waals surface area contributed by atoms with Crippen LogP contribution in [0, 0.1) is 0 Å². The lowest BCUT2D eigenvalue weighted by atomic mass is 10.1. The van der Waals surface area contributed by atoms with Gasteiger partial charge >= 0.3 is 0 Å². The molecule has 0 N–H and O–H groups in total. The van der Waals surface area contributed by atoms with Gasteiger partial charge in [-0.15, -0.1) is 0 Å². The van der Waals surface area contributed by atoms with Crippen LogP contribution in [0.4, 0.5) is 0 Å². The molecule has 0 atom stereocenters. The van der Waals surface area contributed by atoms with E-state index in [1.54, 1.807) is 28.4 Å². The Kier molecular flexibility index (Phi) is 13.4. The smallest absolute Gasteiger partial charge is 0.203 e. The van der Waals surface area contributed by atoms with Gasteiger partial charge in [-0.3, -0.25) is 9.89 Å². The summed E-state index contributed by atoms with van der Waals surface area (Å²) in [6.07, 6.45) is 14.4. The first-order valence-corrected chi connectivity index (χ1v) is 10.9. The van der Waals surface area contributed by atoms with Crippen molar-refractivity contribution in [3.05, 3.63) is 35.4 Å². The molecule has 0 fully saturated rings. The van der Waals surface area contributed by atoms with Crippen LogP contribution in [0.1, 0.15) is 51.5 Å². The monoisotopic (exact) mass is 416 g/mol.